The fourth-order valence-corrected chi connectivity index (χ4v) is 2.93. The van der Waals surface area contributed by atoms with Gasteiger partial charge >= 0.3 is 0 Å². The summed E-state index contributed by atoms with van der Waals surface area (Å²) >= 11 is 0. The third-order valence-electron chi connectivity index (χ3n) is 4.16. The van der Waals surface area contributed by atoms with Gasteiger partial charge in [-0.05, 0) is 25.7 Å². The average Bonchev–Trinajstić information content (AvgIpc) is 2.99. The van der Waals surface area contributed by atoms with Crippen LogP contribution in [0.5, 0.6) is 0 Å². The largest absolute Gasteiger partial charge is 0.364 e. The molecule has 3 N–H and O–H groups in total. The van der Waals surface area contributed by atoms with Crippen molar-refractivity contribution in [1.29, 1.82) is 0 Å². The summed E-state index contributed by atoms with van der Waals surface area (Å²) in [6.07, 6.45) is 3.82. The monoisotopic (exact) mass is 303 g/mol. The third kappa shape index (κ3) is 3.24. The minimum atomic E-state index is -0.390. The maximum Gasteiger partial charge on any atom is 0.249 e. The van der Waals surface area contributed by atoms with Crippen LogP contribution in [0.1, 0.15) is 32.1 Å². The Balaban J connectivity index is 0.00000147. The number of ether oxygens (including phenoxy) is 1. The second-order valence-corrected chi connectivity index (χ2v) is 5.75. The first-order chi connectivity index (χ1) is 9.17. The first-order valence-corrected chi connectivity index (χ1v) is 7.12. The number of likely N-dealkylation sites (tertiary alicyclic amines) is 1. The lowest BCUT2D eigenvalue weighted by atomic mass is 10.1. The van der Waals surface area contributed by atoms with Gasteiger partial charge in [-0.15, -0.1) is 12.4 Å². The summed E-state index contributed by atoms with van der Waals surface area (Å²) in [6, 6.07) is 0.375. The molecule has 3 fully saturated rings. The zero-order chi connectivity index (χ0) is 13.4. The number of hydrogen-bond acceptors (Lipinski definition) is 4. The van der Waals surface area contributed by atoms with Gasteiger partial charge in [0, 0.05) is 25.6 Å². The van der Waals surface area contributed by atoms with Gasteiger partial charge in [-0.1, -0.05) is 0 Å². The van der Waals surface area contributed by atoms with E-state index in [1.807, 2.05) is 4.90 Å². The van der Waals surface area contributed by atoms with Gasteiger partial charge in [0.1, 0.15) is 6.10 Å². The third-order valence-corrected chi connectivity index (χ3v) is 4.16. The molecule has 3 rings (SSSR count). The first kappa shape index (κ1) is 15.5. The number of nitrogens with two attached hydrogens (primary N) is 1. The highest BCUT2D eigenvalue weighted by atomic mass is 35.5. The summed E-state index contributed by atoms with van der Waals surface area (Å²) in [4.78, 5) is 25.8. The highest BCUT2D eigenvalue weighted by Crippen LogP contribution is 2.30. The van der Waals surface area contributed by atoms with Gasteiger partial charge in [0.05, 0.1) is 12.1 Å². The molecule has 2 saturated heterocycles. The SMILES string of the molecule is Cl.NC[C@H]1CC[C@@H](C(=O)NC2CC(=O)N(C3CC3)C2)O1. The van der Waals surface area contributed by atoms with Crippen LogP contribution in [0.3, 0.4) is 0 Å². The van der Waals surface area contributed by atoms with Gasteiger partial charge in [-0.3, -0.25) is 9.59 Å². The smallest absolute Gasteiger partial charge is 0.249 e. The van der Waals surface area contributed by atoms with Crippen molar-refractivity contribution in [1.82, 2.24) is 10.2 Å². The van der Waals surface area contributed by atoms with Crippen LogP contribution < -0.4 is 11.1 Å². The van der Waals surface area contributed by atoms with Crippen molar-refractivity contribution in [3.8, 4) is 0 Å². The first-order valence-electron chi connectivity index (χ1n) is 7.12. The van der Waals surface area contributed by atoms with Crippen molar-refractivity contribution in [2.45, 2.75) is 56.4 Å². The topological polar surface area (TPSA) is 84.7 Å². The average molecular weight is 304 g/mol. The van der Waals surface area contributed by atoms with E-state index in [2.05, 4.69) is 5.32 Å². The Morgan fingerprint density at radius 1 is 1.35 bits per heavy atom. The van der Waals surface area contributed by atoms with E-state index < -0.39 is 6.10 Å². The molecule has 1 unspecified atom stereocenters. The van der Waals surface area contributed by atoms with E-state index in [0.29, 0.717) is 25.6 Å². The van der Waals surface area contributed by atoms with Gasteiger partial charge < -0.3 is 20.7 Å². The molecule has 1 aliphatic carbocycles. The van der Waals surface area contributed by atoms with E-state index in [9.17, 15) is 9.59 Å². The molecule has 7 heteroatoms. The Morgan fingerprint density at radius 3 is 2.70 bits per heavy atom. The lowest BCUT2D eigenvalue weighted by molar-refractivity contribution is -0.132. The molecule has 114 valence electrons. The molecule has 0 aromatic heterocycles. The lowest BCUT2D eigenvalue weighted by Gasteiger charge is -2.18. The fraction of sp³-hybridized carbons (Fsp3) is 0.846. The highest BCUT2D eigenvalue weighted by Gasteiger charge is 2.40. The number of halogens is 1. The van der Waals surface area contributed by atoms with Crippen molar-refractivity contribution in [3.63, 3.8) is 0 Å². The van der Waals surface area contributed by atoms with Crippen LogP contribution >= 0.6 is 12.4 Å². The van der Waals surface area contributed by atoms with Gasteiger partial charge in [0.25, 0.3) is 0 Å². The maximum atomic E-state index is 12.1. The molecule has 0 aromatic carbocycles. The summed E-state index contributed by atoms with van der Waals surface area (Å²) in [6.45, 7) is 1.11. The summed E-state index contributed by atoms with van der Waals surface area (Å²) in [5.41, 5.74) is 5.53. The minimum Gasteiger partial charge on any atom is -0.364 e. The fourth-order valence-electron chi connectivity index (χ4n) is 2.93. The molecule has 2 aliphatic heterocycles. The molecule has 1 saturated carbocycles. The second kappa shape index (κ2) is 6.28. The van der Waals surface area contributed by atoms with Crippen LogP contribution in [0.25, 0.3) is 0 Å². The molecule has 3 aliphatic rings. The maximum absolute atomic E-state index is 12.1. The number of amides is 2. The molecule has 2 heterocycles. The summed E-state index contributed by atoms with van der Waals surface area (Å²) in [5, 5.41) is 2.94. The molecular weight excluding hydrogens is 282 g/mol. The van der Waals surface area contributed by atoms with E-state index in [1.165, 1.54) is 0 Å². The Morgan fingerprint density at radius 2 is 2.10 bits per heavy atom. The molecule has 0 aromatic rings. The molecule has 0 spiro atoms. The normalized spacial score (nSPS) is 33.1. The van der Waals surface area contributed by atoms with Crippen molar-refractivity contribution in [2.24, 2.45) is 5.73 Å². The number of rotatable bonds is 4. The van der Waals surface area contributed by atoms with Gasteiger partial charge in [-0.2, -0.15) is 0 Å². The molecule has 2 amide bonds. The number of carbonyl (C=O) groups is 2. The van der Waals surface area contributed by atoms with Crippen molar-refractivity contribution >= 4 is 24.2 Å². The van der Waals surface area contributed by atoms with Crippen LogP contribution in [-0.4, -0.2) is 54.1 Å². The van der Waals surface area contributed by atoms with E-state index in [0.717, 1.165) is 25.7 Å². The van der Waals surface area contributed by atoms with Gasteiger partial charge in [0.2, 0.25) is 11.8 Å². The van der Waals surface area contributed by atoms with Crippen molar-refractivity contribution in [3.05, 3.63) is 0 Å². The van der Waals surface area contributed by atoms with Crippen LogP contribution in [-0.2, 0) is 14.3 Å². The standard InChI is InChI=1S/C13H21N3O3.ClH/c14-6-10-3-4-11(19-10)13(18)15-8-5-12(17)16(7-8)9-1-2-9;/h8-11H,1-7,14H2,(H,15,18);1H/t8?,10-,11+;/m1./s1. The van der Waals surface area contributed by atoms with Crippen LogP contribution in [0.2, 0.25) is 0 Å². The summed E-state index contributed by atoms with van der Waals surface area (Å²) < 4.78 is 5.56. The summed E-state index contributed by atoms with van der Waals surface area (Å²) in [7, 11) is 0. The number of nitrogens with zero attached hydrogens (tertiary/aromatic N) is 1. The predicted octanol–water partition coefficient (Wildman–Crippen LogP) is -0.206. The van der Waals surface area contributed by atoms with Gasteiger partial charge in [0.15, 0.2) is 0 Å². The molecule has 0 bridgehead atoms. The Bertz CT molecular complexity index is 389. The molecule has 3 atom stereocenters. The highest BCUT2D eigenvalue weighted by molar-refractivity contribution is 5.85. The van der Waals surface area contributed by atoms with Crippen LogP contribution in [0.4, 0.5) is 0 Å². The van der Waals surface area contributed by atoms with Crippen LogP contribution in [0.15, 0.2) is 0 Å². The number of carbonyl (C=O) groups excluding carboxylic acids is 2. The van der Waals surface area contributed by atoms with E-state index in [1.54, 1.807) is 0 Å². The molecule has 0 radical (unpaired) electrons. The van der Waals surface area contributed by atoms with Crippen LogP contribution in [0, 0.1) is 0 Å². The van der Waals surface area contributed by atoms with E-state index >= 15 is 0 Å². The number of nitrogens with one attached hydrogen (secondary N) is 1. The quantitative estimate of drug-likeness (QED) is 0.753. The Labute approximate surface area is 124 Å². The molecule has 6 nitrogen and oxygen atoms in total. The van der Waals surface area contributed by atoms with E-state index in [4.69, 9.17) is 10.5 Å². The molecular formula is C13H22ClN3O3. The minimum absolute atomic E-state index is 0. The van der Waals surface area contributed by atoms with Gasteiger partial charge in [-0.25, -0.2) is 0 Å². The van der Waals surface area contributed by atoms with Crippen molar-refractivity contribution < 1.29 is 14.3 Å². The summed E-state index contributed by atoms with van der Waals surface area (Å²) in [5.74, 6) is 0.0753. The Hall–Kier alpha value is -0.850. The second-order valence-electron chi connectivity index (χ2n) is 5.75. The van der Waals surface area contributed by atoms with E-state index in [-0.39, 0.29) is 36.4 Å². The zero-order valence-electron chi connectivity index (χ0n) is 11.4. The van der Waals surface area contributed by atoms with Crippen molar-refractivity contribution in [2.75, 3.05) is 13.1 Å². The number of hydrogen-bond donors (Lipinski definition) is 2. The molecule has 20 heavy (non-hydrogen) atoms. The predicted molar refractivity (Wildman–Crippen MR) is 75.5 cm³/mol. The zero-order valence-corrected chi connectivity index (χ0v) is 12.2. The Kier molecular flexibility index (Phi) is 4.88. The lowest BCUT2D eigenvalue weighted by Crippen LogP contribution is -2.43.